The molecule has 1 amide bonds. The summed E-state index contributed by atoms with van der Waals surface area (Å²) in [7, 11) is 1.60. The molecule has 0 aliphatic rings. The number of aliphatic hydroxyl groups excluding tert-OH is 1. The highest BCUT2D eigenvalue weighted by molar-refractivity contribution is 7.13. The van der Waals surface area contributed by atoms with E-state index in [1.54, 1.807) is 7.11 Å². The summed E-state index contributed by atoms with van der Waals surface area (Å²) in [5.74, 6) is -0.167. The number of benzene rings is 1. The Labute approximate surface area is 134 Å². The minimum absolute atomic E-state index is 0.0104. The zero-order valence-corrected chi connectivity index (χ0v) is 13.5. The number of nitrogens with zero attached hydrogens (tertiary/aromatic N) is 1. The van der Waals surface area contributed by atoms with Crippen molar-refractivity contribution in [3.8, 4) is 0 Å². The van der Waals surface area contributed by atoms with Gasteiger partial charge in [-0.15, -0.1) is 11.3 Å². The van der Waals surface area contributed by atoms with Gasteiger partial charge < -0.3 is 15.2 Å². The van der Waals surface area contributed by atoms with E-state index in [4.69, 9.17) is 4.74 Å². The van der Waals surface area contributed by atoms with E-state index in [9.17, 15) is 9.90 Å². The lowest BCUT2D eigenvalue weighted by Gasteiger charge is -2.18. The van der Waals surface area contributed by atoms with E-state index in [1.807, 2.05) is 37.3 Å². The van der Waals surface area contributed by atoms with Crippen molar-refractivity contribution >= 4 is 17.2 Å². The zero-order valence-electron chi connectivity index (χ0n) is 12.7. The fraction of sp³-hybridized carbons (Fsp3) is 0.375. The molecule has 0 aliphatic heterocycles. The Balaban J connectivity index is 2.14. The molecule has 2 aromatic rings. The third kappa shape index (κ3) is 4.13. The highest BCUT2D eigenvalue weighted by Crippen LogP contribution is 2.22. The first-order valence-corrected chi connectivity index (χ1v) is 7.89. The number of hydrogen-bond donors (Lipinski definition) is 2. The topological polar surface area (TPSA) is 71.5 Å². The predicted molar refractivity (Wildman–Crippen MR) is 85.9 cm³/mol. The van der Waals surface area contributed by atoms with Gasteiger partial charge >= 0.3 is 0 Å². The fourth-order valence-electron chi connectivity index (χ4n) is 2.21. The first-order chi connectivity index (χ1) is 10.7. The largest absolute Gasteiger partial charge is 0.396 e. The minimum atomic E-state index is -0.217. The Hall–Kier alpha value is -1.76. The van der Waals surface area contributed by atoms with E-state index >= 15 is 0 Å². The Bertz CT molecular complexity index is 613. The number of methoxy groups -OCH3 is 1. The van der Waals surface area contributed by atoms with E-state index in [2.05, 4.69) is 10.3 Å². The van der Waals surface area contributed by atoms with Crippen LogP contribution in [0.5, 0.6) is 0 Å². The van der Waals surface area contributed by atoms with Crippen LogP contribution in [0.1, 0.15) is 38.4 Å². The predicted octanol–water partition coefficient (Wildman–Crippen LogP) is 2.45. The minimum Gasteiger partial charge on any atom is -0.396 e. The standard InChI is InChI=1S/C16H20N2O3S/c1-11-15(22-14(17-11)10-21-2)16(20)18-13(8-9-19)12-6-4-3-5-7-12/h3-7,13,19H,8-10H2,1-2H3,(H,18,20). The molecule has 1 heterocycles. The molecule has 1 unspecified atom stereocenters. The van der Waals surface area contributed by atoms with Crippen LogP contribution in [0.3, 0.4) is 0 Å². The van der Waals surface area contributed by atoms with Gasteiger partial charge in [-0.2, -0.15) is 0 Å². The summed E-state index contributed by atoms with van der Waals surface area (Å²) in [5.41, 5.74) is 1.68. The lowest BCUT2D eigenvalue weighted by molar-refractivity contribution is 0.0933. The van der Waals surface area contributed by atoms with E-state index in [1.165, 1.54) is 11.3 Å². The van der Waals surface area contributed by atoms with Crippen LogP contribution in [0.15, 0.2) is 30.3 Å². The Morgan fingerprint density at radius 1 is 1.41 bits per heavy atom. The normalized spacial score (nSPS) is 12.1. The van der Waals surface area contributed by atoms with E-state index < -0.39 is 0 Å². The van der Waals surface area contributed by atoms with E-state index in [-0.39, 0.29) is 18.6 Å². The Morgan fingerprint density at radius 2 is 2.14 bits per heavy atom. The van der Waals surface area contributed by atoms with Gasteiger partial charge in [0.05, 0.1) is 18.3 Å². The van der Waals surface area contributed by atoms with Crippen LogP contribution in [0, 0.1) is 6.92 Å². The summed E-state index contributed by atoms with van der Waals surface area (Å²) in [4.78, 5) is 17.4. The van der Waals surface area contributed by atoms with Crippen molar-refractivity contribution in [2.45, 2.75) is 26.0 Å². The summed E-state index contributed by atoms with van der Waals surface area (Å²) in [6, 6.07) is 9.42. The maximum absolute atomic E-state index is 12.5. The highest BCUT2D eigenvalue weighted by atomic mass is 32.1. The van der Waals surface area contributed by atoms with Crippen molar-refractivity contribution in [1.82, 2.24) is 10.3 Å². The number of ether oxygens (including phenoxy) is 1. The number of carbonyl (C=O) groups excluding carboxylic acids is 1. The number of nitrogens with one attached hydrogen (secondary N) is 1. The summed E-state index contributed by atoms with van der Waals surface area (Å²) in [5, 5.41) is 13.0. The molecule has 0 fully saturated rings. The van der Waals surface area contributed by atoms with E-state index in [0.717, 1.165) is 10.6 Å². The molecule has 22 heavy (non-hydrogen) atoms. The quantitative estimate of drug-likeness (QED) is 0.822. The molecule has 1 aromatic heterocycles. The number of thiazole rings is 1. The molecule has 0 spiro atoms. The molecule has 0 saturated carbocycles. The second kappa shape index (κ2) is 8.03. The number of amides is 1. The van der Waals surface area contributed by atoms with Gasteiger partial charge in [0.15, 0.2) is 0 Å². The first kappa shape index (κ1) is 16.6. The van der Waals surface area contributed by atoms with Crippen LogP contribution < -0.4 is 5.32 Å². The van der Waals surface area contributed by atoms with Gasteiger partial charge in [-0.3, -0.25) is 4.79 Å². The molecule has 2 N–H and O–H groups in total. The average Bonchev–Trinajstić information content (AvgIpc) is 2.89. The SMILES string of the molecule is COCc1nc(C)c(C(=O)NC(CCO)c2ccccc2)s1. The summed E-state index contributed by atoms with van der Waals surface area (Å²) in [6.45, 7) is 2.22. The summed E-state index contributed by atoms with van der Waals surface area (Å²) >= 11 is 1.34. The van der Waals surface area contributed by atoms with Crippen LogP contribution in [0.2, 0.25) is 0 Å². The van der Waals surface area contributed by atoms with Crippen molar-refractivity contribution in [2.75, 3.05) is 13.7 Å². The van der Waals surface area contributed by atoms with Crippen LogP contribution in [-0.2, 0) is 11.3 Å². The third-order valence-electron chi connectivity index (χ3n) is 3.24. The lowest BCUT2D eigenvalue weighted by atomic mass is 10.0. The molecule has 0 radical (unpaired) electrons. The number of rotatable bonds is 7. The number of aromatic nitrogens is 1. The Kier molecular flexibility index (Phi) is 6.06. The smallest absolute Gasteiger partial charge is 0.263 e. The van der Waals surface area contributed by atoms with Gasteiger partial charge in [0.25, 0.3) is 5.91 Å². The molecule has 5 nitrogen and oxygen atoms in total. The average molecular weight is 320 g/mol. The maximum Gasteiger partial charge on any atom is 0.263 e. The number of aryl methyl sites for hydroxylation is 1. The fourth-order valence-corrected chi connectivity index (χ4v) is 3.15. The molecule has 1 aromatic carbocycles. The Morgan fingerprint density at radius 3 is 2.77 bits per heavy atom. The lowest BCUT2D eigenvalue weighted by Crippen LogP contribution is -2.29. The molecule has 6 heteroatoms. The molecular weight excluding hydrogens is 300 g/mol. The third-order valence-corrected chi connectivity index (χ3v) is 4.37. The van der Waals surface area contributed by atoms with Gasteiger partial charge in [0.1, 0.15) is 9.88 Å². The summed E-state index contributed by atoms with van der Waals surface area (Å²) < 4.78 is 5.05. The second-order valence-electron chi connectivity index (χ2n) is 4.90. The van der Waals surface area contributed by atoms with Gasteiger partial charge in [0, 0.05) is 13.7 Å². The summed E-state index contributed by atoms with van der Waals surface area (Å²) in [6.07, 6.45) is 0.471. The molecule has 118 valence electrons. The number of aliphatic hydroxyl groups is 1. The van der Waals surface area contributed by atoms with Gasteiger partial charge in [-0.25, -0.2) is 4.98 Å². The van der Waals surface area contributed by atoms with Gasteiger partial charge in [-0.1, -0.05) is 30.3 Å². The van der Waals surface area contributed by atoms with Crippen molar-refractivity contribution < 1.29 is 14.6 Å². The molecule has 0 saturated heterocycles. The molecule has 1 atom stereocenters. The van der Waals surface area contributed by atoms with Gasteiger partial charge in [-0.05, 0) is 18.9 Å². The van der Waals surface area contributed by atoms with Crippen molar-refractivity contribution in [3.05, 3.63) is 51.5 Å². The van der Waals surface area contributed by atoms with Crippen LogP contribution in [0.25, 0.3) is 0 Å². The van der Waals surface area contributed by atoms with Gasteiger partial charge in [0.2, 0.25) is 0 Å². The molecule has 2 rings (SSSR count). The van der Waals surface area contributed by atoms with Crippen molar-refractivity contribution in [2.24, 2.45) is 0 Å². The van der Waals surface area contributed by atoms with Crippen LogP contribution in [-0.4, -0.2) is 29.7 Å². The first-order valence-electron chi connectivity index (χ1n) is 7.07. The molecule has 0 bridgehead atoms. The number of carbonyl (C=O) groups is 1. The van der Waals surface area contributed by atoms with Crippen LogP contribution >= 0.6 is 11.3 Å². The molecule has 0 aliphatic carbocycles. The van der Waals surface area contributed by atoms with Crippen molar-refractivity contribution in [1.29, 1.82) is 0 Å². The molecular formula is C16H20N2O3S. The van der Waals surface area contributed by atoms with Crippen LogP contribution in [0.4, 0.5) is 0 Å². The maximum atomic E-state index is 12.5. The van der Waals surface area contributed by atoms with Crippen molar-refractivity contribution in [3.63, 3.8) is 0 Å². The monoisotopic (exact) mass is 320 g/mol. The number of hydrogen-bond acceptors (Lipinski definition) is 5. The highest BCUT2D eigenvalue weighted by Gasteiger charge is 2.19. The second-order valence-corrected chi connectivity index (χ2v) is 5.99. The van der Waals surface area contributed by atoms with E-state index in [0.29, 0.717) is 23.6 Å². The zero-order chi connectivity index (χ0) is 15.9.